The topological polar surface area (TPSA) is 74.6 Å². The van der Waals surface area contributed by atoms with E-state index in [9.17, 15) is 9.36 Å². The van der Waals surface area contributed by atoms with Crippen LogP contribution in [0.15, 0.2) is 24.3 Å². The summed E-state index contributed by atoms with van der Waals surface area (Å²) in [6.45, 7) is 0. The van der Waals surface area contributed by atoms with Crippen LogP contribution in [0.3, 0.4) is 0 Å². The fourth-order valence-corrected chi connectivity index (χ4v) is 1.46. The minimum absolute atomic E-state index is 0.0826. The zero-order valence-corrected chi connectivity index (χ0v) is 8.00. The first-order valence-electron chi connectivity index (χ1n) is 3.27. The molecule has 0 unspecified atom stereocenters. The van der Waals surface area contributed by atoms with Crippen molar-refractivity contribution in [3.05, 3.63) is 34.9 Å². The summed E-state index contributed by atoms with van der Waals surface area (Å²) in [5.74, 6) is 0. The molecule has 1 aromatic carbocycles. The van der Waals surface area contributed by atoms with Crippen molar-refractivity contribution in [1.29, 1.82) is 0 Å². The van der Waals surface area contributed by atoms with Gasteiger partial charge in [-0.2, -0.15) is 0 Å². The third-order valence-corrected chi connectivity index (χ3v) is 2.36. The minimum atomic E-state index is -4.70. The van der Waals surface area contributed by atoms with E-state index in [1.165, 1.54) is 24.3 Å². The molecule has 0 spiro atoms. The van der Waals surface area contributed by atoms with Gasteiger partial charge in [-0.05, 0) is 12.1 Å². The van der Waals surface area contributed by atoms with E-state index in [1.54, 1.807) is 0 Å². The third kappa shape index (κ3) is 2.64. The Kier molecular flexibility index (Phi) is 2.88. The van der Waals surface area contributed by atoms with Crippen LogP contribution in [0.1, 0.15) is 10.4 Å². The molecule has 1 aromatic rings. The summed E-state index contributed by atoms with van der Waals surface area (Å²) < 4.78 is 10.5. The van der Waals surface area contributed by atoms with Gasteiger partial charge in [-0.25, -0.2) is 0 Å². The molecule has 0 heterocycles. The molecule has 0 aliphatic heterocycles. The average molecular weight is 221 g/mol. The van der Waals surface area contributed by atoms with Gasteiger partial charge >= 0.3 is 7.60 Å². The Morgan fingerprint density at radius 2 is 2.00 bits per heavy atom. The zero-order chi connectivity index (χ0) is 10.1. The van der Waals surface area contributed by atoms with Crippen molar-refractivity contribution in [2.45, 2.75) is 0 Å². The van der Waals surface area contributed by atoms with E-state index in [2.05, 4.69) is 0 Å². The molecule has 0 saturated carbocycles. The van der Waals surface area contributed by atoms with Crippen LogP contribution in [0.5, 0.6) is 0 Å². The summed E-state index contributed by atoms with van der Waals surface area (Å²) in [4.78, 5) is 28.1. The molecule has 4 nitrogen and oxygen atoms in total. The molecule has 0 aromatic heterocycles. The highest BCUT2D eigenvalue weighted by atomic mass is 35.5. The first-order chi connectivity index (χ1) is 5.91. The second-order valence-electron chi connectivity index (χ2n) is 2.36. The van der Waals surface area contributed by atoms with Gasteiger partial charge in [0.05, 0.1) is 0 Å². The molecule has 1 rings (SSSR count). The van der Waals surface area contributed by atoms with E-state index < -0.39 is 13.1 Å². The molecule has 6 heteroatoms. The average Bonchev–Trinajstić information content (AvgIpc) is 2.01. The molecule has 13 heavy (non-hydrogen) atoms. The Morgan fingerprint density at radius 3 is 2.46 bits per heavy atom. The van der Waals surface area contributed by atoms with Crippen molar-refractivity contribution < 1.29 is 19.1 Å². The van der Waals surface area contributed by atoms with Crippen LogP contribution in [0.2, 0.25) is 5.02 Å². The van der Waals surface area contributed by atoms with Crippen molar-refractivity contribution in [1.82, 2.24) is 0 Å². The fourth-order valence-electron chi connectivity index (χ4n) is 0.790. The van der Waals surface area contributed by atoms with Crippen LogP contribution in [0.25, 0.3) is 0 Å². The van der Waals surface area contributed by atoms with E-state index in [0.29, 0.717) is 0 Å². The van der Waals surface area contributed by atoms with Gasteiger partial charge in [0, 0.05) is 10.6 Å². The molecule has 0 aliphatic carbocycles. The maximum Gasteiger partial charge on any atom is 0.396 e. The number of benzene rings is 1. The Hall–Kier alpha value is -0.670. The fraction of sp³-hybridized carbons (Fsp3) is 0. The highest BCUT2D eigenvalue weighted by Crippen LogP contribution is 2.39. The zero-order valence-electron chi connectivity index (χ0n) is 6.35. The van der Waals surface area contributed by atoms with Crippen molar-refractivity contribution in [2.24, 2.45) is 0 Å². The summed E-state index contributed by atoms with van der Waals surface area (Å²) in [7, 11) is -4.70. The lowest BCUT2D eigenvalue weighted by atomic mass is 10.2. The van der Waals surface area contributed by atoms with E-state index in [-0.39, 0.29) is 10.6 Å². The Labute approximate surface area is 79.3 Å². The molecule has 0 amide bonds. The standard InChI is InChI=1S/C7H6ClO4P/c8-6-3-1-2-5(4-6)7(9)13(10,11)12/h1-4H,(H2,10,11,12). The molecule has 0 fully saturated rings. The van der Waals surface area contributed by atoms with Crippen molar-refractivity contribution in [3.8, 4) is 0 Å². The molecule has 0 atom stereocenters. The van der Waals surface area contributed by atoms with Crippen LogP contribution < -0.4 is 0 Å². The van der Waals surface area contributed by atoms with Gasteiger partial charge in [0.2, 0.25) is 0 Å². The lowest BCUT2D eigenvalue weighted by molar-refractivity contribution is 0.104. The Morgan fingerprint density at radius 1 is 1.38 bits per heavy atom. The number of carbonyl (C=O) groups excluding carboxylic acids is 1. The number of rotatable bonds is 2. The predicted octanol–water partition coefficient (Wildman–Crippen LogP) is 1.66. The van der Waals surface area contributed by atoms with Gasteiger partial charge in [0.15, 0.2) is 0 Å². The minimum Gasteiger partial charge on any atom is -0.319 e. The van der Waals surface area contributed by atoms with Gasteiger partial charge in [-0.3, -0.25) is 9.36 Å². The number of hydrogen-bond donors (Lipinski definition) is 2. The molecular weight excluding hydrogens is 214 g/mol. The highest BCUT2D eigenvalue weighted by molar-refractivity contribution is 7.70. The Balaban J connectivity index is 3.10. The maximum absolute atomic E-state index is 11.0. The molecule has 70 valence electrons. The summed E-state index contributed by atoms with van der Waals surface area (Å²) in [5.41, 5.74) is -1.30. The second kappa shape index (κ2) is 3.60. The van der Waals surface area contributed by atoms with Crippen LogP contribution in [-0.2, 0) is 4.57 Å². The van der Waals surface area contributed by atoms with E-state index in [4.69, 9.17) is 21.4 Å². The number of hydrogen-bond acceptors (Lipinski definition) is 2. The van der Waals surface area contributed by atoms with Crippen LogP contribution in [-0.4, -0.2) is 15.3 Å². The lowest BCUT2D eigenvalue weighted by Gasteiger charge is -2.02. The predicted molar refractivity (Wildman–Crippen MR) is 47.8 cm³/mol. The largest absolute Gasteiger partial charge is 0.396 e. The van der Waals surface area contributed by atoms with Crippen molar-refractivity contribution in [2.75, 3.05) is 0 Å². The van der Waals surface area contributed by atoms with E-state index in [0.717, 1.165) is 0 Å². The lowest BCUT2D eigenvalue weighted by Crippen LogP contribution is -1.99. The normalized spacial score (nSPS) is 11.3. The van der Waals surface area contributed by atoms with E-state index >= 15 is 0 Å². The summed E-state index contributed by atoms with van der Waals surface area (Å²) >= 11 is 5.53. The quantitative estimate of drug-likeness (QED) is 0.744. The van der Waals surface area contributed by atoms with Crippen molar-refractivity contribution >= 4 is 24.7 Å². The highest BCUT2D eigenvalue weighted by Gasteiger charge is 2.27. The molecule has 0 radical (unpaired) electrons. The second-order valence-corrected chi connectivity index (χ2v) is 4.29. The summed E-state index contributed by atoms with van der Waals surface area (Å²) in [5, 5.41) is 0.263. The van der Waals surface area contributed by atoms with E-state index in [1.807, 2.05) is 0 Å². The molecule has 2 N–H and O–H groups in total. The number of halogens is 1. The van der Waals surface area contributed by atoms with Gasteiger partial charge in [-0.15, -0.1) is 0 Å². The van der Waals surface area contributed by atoms with Gasteiger partial charge in [-0.1, -0.05) is 23.7 Å². The first-order valence-corrected chi connectivity index (χ1v) is 5.26. The molecule has 0 saturated heterocycles. The van der Waals surface area contributed by atoms with Gasteiger partial charge in [0.25, 0.3) is 5.52 Å². The van der Waals surface area contributed by atoms with Gasteiger partial charge in [0.1, 0.15) is 0 Å². The van der Waals surface area contributed by atoms with Crippen molar-refractivity contribution in [3.63, 3.8) is 0 Å². The molecule has 0 bridgehead atoms. The Bertz CT molecular complexity index is 384. The monoisotopic (exact) mass is 220 g/mol. The summed E-state index contributed by atoms with van der Waals surface area (Å²) in [6, 6.07) is 5.47. The smallest absolute Gasteiger partial charge is 0.319 e. The maximum atomic E-state index is 11.0. The summed E-state index contributed by atoms with van der Waals surface area (Å²) in [6.07, 6.45) is 0. The SMILES string of the molecule is O=C(c1cccc(Cl)c1)P(=O)(O)O. The van der Waals surface area contributed by atoms with Crippen LogP contribution in [0.4, 0.5) is 0 Å². The van der Waals surface area contributed by atoms with Crippen LogP contribution in [0, 0.1) is 0 Å². The third-order valence-electron chi connectivity index (χ3n) is 1.34. The first kappa shape index (κ1) is 10.4. The molecule has 0 aliphatic rings. The van der Waals surface area contributed by atoms with Gasteiger partial charge < -0.3 is 9.79 Å². The van der Waals surface area contributed by atoms with Crippen LogP contribution >= 0.6 is 19.2 Å². The molecular formula is C7H6ClO4P. The number of carbonyl (C=O) groups is 1.